The van der Waals surface area contributed by atoms with Gasteiger partial charge in [-0.25, -0.2) is 8.42 Å². The molecule has 0 amide bonds. The lowest BCUT2D eigenvalue weighted by Crippen LogP contribution is -2.27. The van der Waals surface area contributed by atoms with Crippen LogP contribution in [0, 0.1) is 0 Å². The topological polar surface area (TPSA) is 77.2 Å². The lowest BCUT2D eigenvalue weighted by molar-refractivity contribution is 0.596. The minimum atomic E-state index is -2.91. The van der Waals surface area contributed by atoms with Crippen molar-refractivity contribution in [3.8, 4) is 0 Å². The second-order valence-electron chi connectivity index (χ2n) is 3.57. The van der Waals surface area contributed by atoms with Crippen molar-refractivity contribution in [2.45, 2.75) is 32.7 Å². The predicted octanol–water partition coefficient (Wildman–Crippen LogP) is 0.297. The average Bonchev–Trinajstić information content (AvgIpc) is 2.17. The van der Waals surface area contributed by atoms with Crippen LogP contribution in [-0.2, 0) is 20.6 Å². The van der Waals surface area contributed by atoms with Crippen LogP contribution in [0.1, 0.15) is 26.7 Å². The van der Waals surface area contributed by atoms with Gasteiger partial charge in [0.05, 0.1) is 5.75 Å². The fraction of sp³-hybridized carbons (Fsp3) is 1.00. The van der Waals surface area contributed by atoms with Crippen molar-refractivity contribution in [2.24, 2.45) is 5.73 Å². The van der Waals surface area contributed by atoms with E-state index in [-0.39, 0.29) is 17.5 Å². The van der Waals surface area contributed by atoms with E-state index in [1.165, 1.54) is 0 Å². The number of rotatable bonds is 8. The standard InChI is InChI=1S/C9H21NO3S2/c1-3-9(10)8-14(11)6-5-7-15(12,13)4-2/h9H,3-8,10H2,1-2H3. The number of hydrogen-bond acceptors (Lipinski definition) is 4. The van der Waals surface area contributed by atoms with E-state index < -0.39 is 20.6 Å². The Morgan fingerprint density at radius 2 is 1.93 bits per heavy atom. The van der Waals surface area contributed by atoms with Crippen LogP contribution >= 0.6 is 0 Å². The van der Waals surface area contributed by atoms with E-state index in [2.05, 4.69) is 0 Å². The predicted molar refractivity (Wildman–Crippen MR) is 65.1 cm³/mol. The molecule has 2 N–H and O–H groups in total. The molecule has 15 heavy (non-hydrogen) atoms. The third-order valence-corrected chi connectivity index (χ3v) is 5.53. The molecule has 0 radical (unpaired) electrons. The fourth-order valence-electron chi connectivity index (χ4n) is 1.02. The zero-order valence-electron chi connectivity index (χ0n) is 9.44. The highest BCUT2D eigenvalue weighted by Crippen LogP contribution is 1.98. The second-order valence-corrected chi connectivity index (χ2v) is 7.66. The Balaban J connectivity index is 3.74. The van der Waals surface area contributed by atoms with Crippen LogP contribution in [0.15, 0.2) is 0 Å². The first-order valence-electron chi connectivity index (χ1n) is 5.22. The molecule has 0 aliphatic heterocycles. The van der Waals surface area contributed by atoms with Crippen LogP contribution < -0.4 is 5.73 Å². The quantitative estimate of drug-likeness (QED) is 0.676. The average molecular weight is 255 g/mol. The van der Waals surface area contributed by atoms with Gasteiger partial charge in [0.25, 0.3) is 0 Å². The molecule has 0 heterocycles. The summed E-state index contributed by atoms with van der Waals surface area (Å²) in [6.07, 6.45) is 1.28. The van der Waals surface area contributed by atoms with Gasteiger partial charge in [0.15, 0.2) is 0 Å². The maximum absolute atomic E-state index is 11.4. The van der Waals surface area contributed by atoms with Gasteiger partial charge < -0.3 is 5.73 Å². The van der Waals surface area contributed by atoms with Crippen molar-refractivity contribution in [3.63, 3.8) is 0 Å². The first-order valence-corrected chi connectivity index (χ1v) is 8.53. The molecule has 6 heteroatoms. The highest BCUT2D eigenvalue weighted by molar-refractivity contribution is 7.91. The Morgan fingerprint density at radius 3 is 2.40 bits per heavy atom. The molecule has 0 fully saturated rings. The Labute approximate surface area is 95.0 Å². The molecule has 0 bridgehead atoms. The van der Waals surface area contributed by atoms with Crippen molar-refractivity contribution in [1.82, 2.24) is 0 Å². The lowest BCUT2D eigenvalue weighted by Gasteiger charge is -2.07. The van der Waals surface area contributed by atoms with Crippen LogP contribution in [0.4, 0.5) is 0 Å². The van der Waals surface area contributed by atoms with Crippen LogP contribution in [0.2, 0.25) is 0 Å². The van der Waals surface area contributed by atoms with E-state index in [0.29, 0.717) is 17.9 Å². The van der Waals surface area contributed by atoms with Gasteiger partial charge in [-0.05, 0) is 12.8 Å². The molecule has 0 aromatic carbocycles. The molecule has 0 aromatic rings. The lowest BCUT2D eigenvalue weighted by atomic mass is 10.3. The molecular formula is C9H21NO3S2. The summed E-state index contributed by atoms with van der Waals surface area (Å²) in [4.78, 5) is 0. The Kier molecular flexibility index (Phi) is 7.38. The van der Waals surface area contributed by atoms with Crippen LogP contribution in [-0.4, -0.2) is 41.7 Å². The van der Waals surface area contributed by atoms with Crippen molar-refractivity contribution in [2.75, 3.05) is 23.0 Å². The number of sulfone groups is 1. The molecule has 0 spiro atoms. The van der Waals surface area contributed by atoms with Crippen molar-refractivity contribution >= 4 is 20.6 Å². The first kappa shape index (κ1) is 15.1. The highest BCUT2D eigenvalue weighted by Gasteiger charge is 2.10. The molecule has 2 unspecified atom stereocenters. The molecule has 0 saturated heterocycles. The monoisotopic (exact) mass is 255 g/mol. The summed E-state index contributed by atoms with van der Waals surface area (Å²) in [5.74, 6) is 1.21. The Bertz CT molecular complexity index is 288. The molecule has 0 saturated carbocycles. The zero-order valence-corrected chi connectivity index (χ0v) is 11.1. The van der Waals surface area contributed by atoms with Gasteiger partial charge in [-0.15, -0.1) is 0 Å². The van der Waals surface area contributed by atoms with E-state index >= 15 is 0 Å². The maximum Gasteiger partial charge on any atom is 0.150 e. The van der Waals surface area contributed by atoms with E-state index in [1.54, 1.807) is 6.92 Å². The van der Waals surface area contributed by atoms with E-state index in [4.69, 9.17) is 5.73 Å². The van der Waals surface area contributed by atoms with Crippen molar-refractivity contribution in [1.29, 1.82) is 0 Å². The molecule has 0 aliphatic carbocycles. The summed E-state index contributed by atoms with van der Waals surface area (Å²) < 4.78 is 33.7. The number of hydrogen-bond donors (Lipinski definition) is 1. The van der Waals surface area contributed by atoms with Crippen molar-refractivity contribution < 1.29 is 12.6 Å². The van der Waals surface area contributed by atoms with Crippen LogP contribution in [0.25, 0.3) is 0 Å². The van der Waals surface area contributed by atoms with Gasteiger partial charge in [-0.3, -0.25) is 4.21 Å². The molecule has 0 rings (SSSR count). The zero-order chi connectivity index (χ0) is 11.9. The third kappa shape index (κ3) is 7.93. The Morgan fingerprint density at radius 1 is 1.33 bits per heavy atom. The molecular weight excluding hydrogens is 234 g/mol. The van der Waals surface area contributed by atoms with E-state index in [9.17, 15) is 12.6 Å². The number of nitrogens with two attached hydrogens (primary N) is 1. The molecule has 0 aliphatic rings. The molecule has 92 valence electrons. The normalized spacial score (nSPS) is 16.2. The molecule has 0 aromatic heterocycles. The molecule has 2 atom stereocenters. The Hall–Kier alpha value is 0.0600. The molecule has 4 nitrogen and oxygen atoms in total. The minimum Gasteiger partial charge on any atom is -0.327 e. The summed E-state index contributed by atoms with van der Waals surface area (Å²) in [6, 6.07) is -0.0337. The van der Waals surface area contributed by atoms with Crippen LogP contribution in [0.5, 0.6) is 0 Å². The summed E-state index contributed by atoms with van der Waals surface area (Å²) >= 11 is 0. The summed E-state index contributed by atoms with van der Waals surface area (Å²) in [5, 5.41) is 0. The van der Waals surface area contributed by atoms with Gasteiger partial charge >= 0.3 is 0 Å². The smallest absolute Gasteiger partial charge is 0.150 e. The van der Waals surface area contributed by atoms with Gasteiger partial charge in [0.2, 0.25) is 0 Å². The van der Waals surface area contributed by atoms with E-state index in [0.717, 1.165) is 6.42 Å². The van der Waals surface area contributed by atoms with Crippen LogP contribution in [0.3, 0.4) is 0 Å². The largest absolute Gasteiger partial charge is 0.327 e. The van der Waals surface area contributed by atoms with Crippen molar-refractivity contribution in [3.05, 3.63) is 0 Å². The van der Waals surface area contributed by atoms with Gasteiger partial charge in [0, 0.05) is 34.1 Å². The summed E-state index contributed by atoms with van der Waals surface area (Å²) in [7, 11) is -3.89. The summed E-state index contributed by atoms with van der Waals surface area (Å²) in [5.41, 5.74) is 5.65. The van der Waals surface area contributed by atoms with E-state index in [1.807, 2.05) is 6.92 Å². The van der Waals surface area contributed by atoms with Gasteiger partial charge in [0.1, 0.15) is 9.84 Å². The first-order chi connectivity index (χ1) is 6.91. The maximum atomic E-state index is 11.4. The third-order valence-electron chi connectivity index (χ3n) is 2.19. The summed E-state index contributed by atoms with van der Waals surface area (Å²) in [6.45, 7) is 3.57. The minimum absolute atomic E-state index is 0.0337. The second kappa shape index (κ2) is 7.35. The van der Waals surface area contributed by atoms with Gasteiger partial charge in [-0.2, -0.15) is 0 Å². The fourth-order valence-corrected chi connectivity index (χ4v) is 3.43. The highest BCUT2D eigenvalue weighted by atomic mass is 32.2. The SMILES string of the molecule is CCC(N)CS(=O)CCCS(=O)(=O)CC. The van der Waals surface area contributed by atoms with Gasteiger partial charge in [-0.1, -0.05) is 13.8 Å².